The van der Waals surface area contributed by atoms with Crippen molar-refractivity contribution in [1.82, 2.24) is 0 Å². The van der Waals surface area contributed by atoms with Gasteiger partial charge in [-0.1, -0.05) is 71.0 Å². The van der Waals surface area contributed by atoms with E-state index in [0.29, 0.717) is 43.0 Å². The summed E-state index contributed by atoms with van der Waals surface area (Å²) in [7, 11) is 1.09. The SMILES string of the molecule is CCc1cc([Si]C=C(C)C)ccc1C(=O)OOC(=O)c1ccc([Si]C=C(C)C)cc1CC. The number of benzene rings is 2. The maximum absolute atomic E-state index is 12.6. The van der Waals surface area contributed by atoms with E-state index in [9.17, 15) is 9.59 Å². The molecule has 2 aromatic rings. The van der Waals surface area contributed by atoms with Crippen molar-refractivity contribution >= 4 is 41.4 Å². The Hall–Kier alpha value is -2.71. The molecule has 0 atom stereocenters. The van der Waals surface area contributed by atoms with Crippen molar-refractivity contribution < 1.29 is 19.4 Å². The minimum atomic E-state index is -0.660. The number of carbonyl (C=O) groups excluding carboxylic acids is 2. The third kappa shape index (κ3) is 7.46. The molecule has 0 N–H and O–H groups in total. The molecule has 0 spiro atoms. The van der Waals surface area contributed by atoms with Crippen LogP contribution in [0, 0.1) is 0 Å². The van der Waals surface area contributed by atoms with Crippen LogP contribution in [0.5, 0.6) is 0 Å². The summed E-state index contributed by atoms with van der Waals surface area (Å²) in [5, 5.41) is 2.30. The molecule has 0 heterocycles. The largest absolute Gasteiger partial charge is 0.386 e. The maximum atomic E-state index is 12.6. The number of carbonyl (C=O) groups is 2. The molecule has 0 saturated heterocycles. The topological polar surface area (TPSA) is 52.6 Å². The Morgan fingerprint density at radius 3 is 1.41 bits per heavy atom. The van der Waals surface area contributed by atoms with Crippen molar-refractivity contribution in [3.05, 3.63) is 81.2 Å². The average molecular weight is 463 g/mol. The standard InChI is InChI=1S/C26H30O4Si2/c1-7-19-13-21(31-15-17(3)4)9-11-23(19)25(27)29-30-26(28)24-12-10-22(14-20(24)8-2)32-16-18(5)6/h9-16H,7-8H2,1-6H3. The Morgan fingerprint density at radius 1 is 0.719 bits per heavy atom. The Bertz CT molecular complexity index is 947. The Labute approximate surface area is 196 Å². The molecule has 0 amide bonds. The van der Waals surface area contributed by atoms with Gasteiger partial charge in [0.1, 0.15) is 19.0 Å². The molecule has 166 valence electrons. The van der Waals surface area contributed by atoms with E-state index < -0.39 is 11.9 Å². The molecule has 0 aromatic heterocycles. The van der Waals surface area contributed by atoms with Gasteiger partial charge in [0.15, 0.2) is 0 Å². The van der Waals surface area contributed by atoms with Crippen molar-refractivity contribution in [3.8, 4) is 0 Å². The number of allylic oxidation sites excluding steroid dienone is 2. The summed E-state index contributed by atoms with van der Waals surface area (Å²) in [6.07, 6.45) is 1.36. The lowest BCUT2D eigenvalue weighted by Crippen LogP contribution is -2.19. The van der Waals surface area contributed by atoms with Crippen LogP contribution < -0.4 is 10.4 Å². The van der Waals surface area contributed by atoms with Crippen molar-refractivity contribution in [2.24, 2.45) is 0 Å². The molecule has 2 aromatic carbocycles. The van der Waals surface area contributed by atoms with Crippen LogP contribution in [0.1, 0.15) is 73.4 Å². The van der Waals surface area contributed by atoms with Crippen LogP contribution in [0.15, 0.2) is 58.9 Å². The van der Waals surface area contributed by atoms with Gasteiger partial charge in [0, 0.05) is 0 Å². The fraction of sp³-hybridized carbons (Fsp3) is 0.308. The first-order chi connectivity index (χ1) is 15.2. The summed E-state index contributed by atoms with van der Waals surface area (Å²) in [6, 6.07) is 11.3. The first-order valence-corrected chi connectivity index (χ1v) is 12.9. The van der Waals surface area contributed by atoms with Gasteiger partial charge in [-0.25, -0.2) is 19.4 Å². The number of hydrogen-bond donors (Lipinski definition) is 0. The van der Waals surface area contributed by atoms with E-state index in [1.807, 2.05) is 38.1 Å². The normalized spacial score (nSPS) is 10.3. The molecule has 0 aliphatic carbocycles. The molecule has 4 radical (unpaired) electrons. The second kappa shape index (κ2) is 12.4. The Balaban J connectivity index is 2.10. The first kappa shape index (κ1) is 25.6. The van der Waals surface area contributed by atoms with Crippen LogP contribution >= 0.6 is 0 Å². The second-order valence-corrected chi connectivity index (χ2v) is 10.2. The predicted octanol–water partition coefficient (Wildman–Crippen LogP) is 4.25. The zero-order valence-electron chi connectivity index (χ0n) is 19.7. The lowest BCUT2D eigenvalue weighted by molar-refractivity contribution is -0.187. The smallest absolute Gasteiger partial charge is 0.241 e. The highest BCUT2D eigenvalue weighted by Crippen LogP contribution is 2.14. The molecule has 0 aliphatic rings. The number of hydrogen-bond acceptors (Lipinski definition) is 4. The monoisotopic (exact) mass is 462 g/mol. The minimum Gasteiger partial charge on any atom is -0.241 e. The van der Waals surface area contributed by atoms with Crippen LogP contribution in [0.3, 0.4) is 0 Å². The summed E-state index contributed by atoms with van der Waals surface area (Å²) in [6.45, 7) is 12.2. The van der Waals surface area contributed by atoms with E-state index >= 15 is 0 Å². The third-order valence-electron chi connectivity index (χ3n) is 4.66. The summed E-state index contributed by atoms with van der Waals surface area (Å²) in [4.78, 5) is 35.0. The summed E-state index contributed by atoms with van der Waals surface area (Å²) >= 11 is 0. The number of rotatable bonds is 8. The highest BCUT2D eigenvalue weighted by Gasteiger charge is 2.19. The lowest BCUT2D eigenvalue weighted by atomic mass is 10.1. The summed E-state index contributed by atoms with van der Waals surface area (Å²) < 4.78 is 0. The van der Waals surface area contributed by atoms with Gasteiger partial charge in [0.2, 0.25) is 0 Å². The van der Waals surface area contributed by atoms with Gasteiger partial charge in [-0.2, -0.15) is 0 Å². The molecule has 4 nitrogen and oxygen atoms in total. The molecule has 0 fully saturated rings. The fourth-order valence-electron chi connectivity index (χ4n) is 2.97. The van der Waals surface area contributed by atoms with Gasteiger partial charge in [-0.15, -0.1) is 0 Å². The second-order valence-electron chi connectivity index (χ2n) is 7.92. The van der Waals surface area contributed by atoms with Crippen LogP contribution in [0.4, 0.5) is 0 Å². The molecule has 32 heavy (non-hydrogen) atoms. The first-order valence-electron chi connectivity index (χ1n) is 10.7. The molecule has 2 rings (SSSR count). The predicted molar refractivity (Wildman–Crippen MR) is 132 cm³/mol. The van der Waals surface area contributed by atoms with E-state index in [-0.39, 0.29) is 0 Å². The zero-order valence-corrected chi connectivity index (χ0v) is 21.7. The molecule has 0 unspecified atom stereocenters. The van der Waals surface area contributed by atoms with E-state index in [0.717, 1.165) is 21.5 Å². The zero-order chi connectivity index (χ0) is 23.7. The average Bonchev–Trinajstić information content (AvgIpc) is 2.79. The quantitative estimate of drug-likeness (QED) is 0.334. The van der Waals surface area contributed by atoms with Gasteiger partial charge in [-0.05, 0) is 63.8 Å². The molecule has 0 aliphatic heterocycles. The molecular weight excluding hydrogens is 432 g/mol. The molecule has 0 saturated carbocycles. The molecule has 6 heteroatoms. The fourth-order valence-corrected chi connectivity index (χ4v) is 4.76. The third-order valence-corrected chi connectivity index (χ3v) is 7.39. The summed E-state index contributed by atoms with van der Waals surface area (Å²) in [5.74, 6) is -1.32. The molecular formula is C26H30O4Si2. The van der Waals surface area contributed by atoms with Crippen molar-refractivity contribution in [3.63, 3.8) is 0 Å². The van der Waals surface area contributed by atoms with Crippen LogP contribution in [0.25, 0.3) is 0 Å². The van der Waals surface area contributed by atoms with E-state index in [4.69, 9.17) is 9.78 Å². The highest BCUT2D eigenvalue weighted by molar-refractivity contribution is 6.59. The van der Waals surface area contributed by atoms with Crippen LogP contribution in [-0.4, -0.2) is 31.0 Å². The Kier molecular flexibility index (Phi) is 9.87. The molecule has 0 bridgehead atoms. The highest BCUT2D eigenvalue weighted by atomic mass is 28.2. The van der Waals surface area contributed by atoms with Crippen molar-refractivity contribution in [2.45, 2.75) is 54.4 Å². The van der Waals surface area contributed by atoms with Gasteiger partial charge in [-0.3, -0.25) is 0 Å². The van der Waals surface area contributed by atoms with E-state index in [2.05, 4.69) is 39.1 Å². The van der Waals surface area contributed by atoms with Gasteiger partial charge in [0.25, 0.3) is 0 Å². The van der Waals surface area contributed by atoms with Crippen LogP contribution in [-0.2, 0) is 22.6 Å². The van der Waals surface area contributed by atoms with Gasteiger partial charge in [0.05, 0.1) is 11.1 Å². The van der Waals surface area contributed by atoms with E-state index in [1.165, 1.54) is 11.1 Å². The van der Waals surface area contributed by atoms with Gasteiger partial charge >= 0.3 is 11.9 Å². The van der Waals surface area contributed by atoms with E-state index in [1.54, 1.807) is 12.1 Å². The number of aryl methyl sites for hydroxylation is 2. The summed E-state index contributed by atoms with van der Waals surface area (Å²) in [5.41, 5.74) is 9.44. The minimum absolute atomic E-state index is 0.417. The van der Waals surface area contributed by atoms with Gasteiger partial charge < -0.3 is 0 Å². The lowest BCUT2D eigenvalue weighted by Gasteiger charge is -2.10. The Morgan fingerprint density at radius 2 is 1.09 bits per heavy atom. The van der Waals surface area contributed by atoms with Crippen molar-refractivity contribution in [2.75, 3.05) is 0 Å². The van der Waals surface area contributed by atoms with Crippen LogP contribution in [0.2, 0.25) is 0 Å². The van der Waals surface area contributed by atoms with Crippen molar-refractivity contribution in [1.29, 1.82) is 0 Å². The maximum Gasteiger partial charge on any atom is 0.386 e.